The van der Waals surface area contributed by atoms with Gasteiger partial charge in [0, 0.05) is 24.8 Å². The lowest BCUT2D eigenvalue weighted by Gasteiger charge is -2.30. The van der Waals surface area contributed by atoms with Crippen molar-refractivity contribution in [1.29, 1.82) is 0 Å². The smallest absolute Gasteiger partial charge is 0.257 e. The highest BCUT2D eigenvalue weighted by molar-refractivity contribution is 6.00. The highest BCUT2D eigenvalue weighted by atomic mass is 16.3. The van der Waals surface area contributed by atoms with Gasteiger partial charge in [0.2, 0.25) is 0 Å². The Bertz CT molecular complexity index is 1010. The minimum Gasteiger partial charge on any atom is -0.391 e. The molecule has 5 nitrogen and oxygen atoms in total. The maximum Gasteiger partial charge on any atom is 0.257 e. The molecule has 2 heterocycles. The number of aliphatic hydroxyl groups is 1. The summed E-state index contributed by atoms with van der Waals surface area (Å²) in [6, 6.07) is 16.3. The molecular formula is C24H27N3O2. The number of rotatable bonds is 4. The zero-order valence-corrected chi connectivity index (χ0v) is 17.0. The van der Waals surface area contributed by atoms with Gasteiger partial charge in [0.25, 0.3) is 5.91 Å². The Labute approximate surface area is 171 Å². The van der Waals surface area contributed by atoms with E-state index in [9.17, 15) is 9.90 Å². The number of aromatic nitrogens is 2. The molecule has 0 aliphatic carbocycles. The Morgan fingerprint density at radius 1 is 1.14 bits per heavy atom. The molecule has 29 heavy (non-hydrogen) atoms. The van der Waals surface area contributed by atoms with Crippen molar-refractivity contribution in [3.05, 3.63) is 77.0 Å². The van der Waals surface area contributed by atoms with E-state index in [0.717, 1.165) is 24.0 Å². The molecular weight excluding hydrogens is 362 g/mol. The second-order valence-corrected chi connectivity index (χ2v) is 7.92. The van der Waals surface area contributed by atoms with Crippen LogP contribution in [0.3, 0.4) is 0 Å². The maximum absolute atomic E-state index is 13.3. The summed E-state index contributed by atoms with van der Waals surface area (Å²) in [5.41, 5.74) is 5.76. The Morgan fingerprint density at radius 2 is 1.93 bits per heavy atom. The first-order valence-corrected chi connectivity index (χ1v) is 10.2. The van der Waals surface area contributed by atoms with E-state index < -0.39 is 6.10 Å². The molecule has 1 fully saturated rings. The summed E-state index contributed by atoms with van der Waals surface area (Å²) in [6.07, 6.45) is 2.98. The van der Waals surface area contributed by atoms with Gasteiger partial charge in [-0.05, 0) is 49.4 Å². The Hall–Kier alpha value is -2.92. The van der Waals surface area contributed by atoms with Gasteiger partial charge >= 0.3 is 0 Å². The van der Waals surface area contributed by atoms with Gasteiger partial charge in [-0.3, -0.25) is 9.48 Å². The van der Waals surface area contributed by atoms with Gasteiger partial charge in [0.1, 0.15) is 5.69 Å². The zero-order valence-electron chi connectivity index (χ0n) is 17.0. The number of nitrogens with zero attached hydrogens (tertiary/aromatic N) is 3. The number of aryl methyl sites for hydroxylation is 2. The SMILES string of the molecule is Cc1ccc(-c2nn(Cc3ccccc3)cc2C(=O)N2CCCC(O)C2)cc1C. The minimum absolute atomic E-state index is 0.0590. The first-order chi connectivity index (χ1) is 14.0. The summed E-state index contributed by atoms with van der Waals surface area (Å²) >= 11 is 0. The number of carbonyl (C=O) groups is 1. The normalized spacial score (nSPS) is 16.8. The van der Waals surface area contributed by atoms with Gasteiger partial charge in [0.15, 0.2) is 0 Å². The van der Waals surface area contributed by atoms with E-state index >= 15 is 0 Å². The van der Waals surface area contributed by atoms with Crippen LogP contribution in [0, 0.1) is 13.8 Å². The van der Waals surface area contributed by atoms with Crippen LogP contribution in [0.5, 0.6) is 0 Å². The van der Waals surface area contributed by atoms with Gasteiger partial charge < -0.3 is 10.0 Å². The van der Waals surface area contributed by atoms with Crippen LogP contribution in [-0.4, -0.2) is 44.9 Å². The van der Waals surface area contributed by atoms with Crippen LogP contribution in [-0.2, 0) is 6.54 Å². The number of aliphatic hydroxyl groups excluding tert-OH is 1. The van der Waals surface area contributed by atoms with Crippen molar-refractivity contribution >= 4 is 5.91 Å². The number of amides is 1. The quantitative estimate of drug-likeness (QED) is 0.738. The molecule has 1 atom stereocenters. The van der Waals surface area contributed by atoms with Crippen LogP contribution in [0.4, 0.5) is 0 Å². The van der Waals surface area contributed by atoms with Gasteiger partial charge in [-0.25, -0.2) is 0 Å². The standard InChI is InChI=1S/C24H27N3O2/c1-17-10-11-20(13-18(17)2)23-22(24(29)26-12-6-9-21(28)15-26)16-27(25-23)14-19-7-4-3-5-8-19/h3-5,7-8,10-11,13,16,21,28H,6,9,12,14-15H2,1-2H3. The summed E-state index contributed by atoms with van der Waals surface area (Å²) in [6.45, 7) is 5.81. The van der Waals surface area contributed by atoms with E-state index in [1.165, 1.54) is 11.1 Å². The second kappa shape index (κ2) is 8.21. The summed E-state index contributed by atoms with van der Waals surface area (Å²) in [5, 5.41) is 14.8. The van der Waals surface area contributed by atoms with E-state index in [4.69, 9.17) is 5.10 Å². The van der Waals surface area contributed by atoms with Crippen molar-refractivity contribution in [2.24, 2.45) is 0 Å². The number of benzene rings is 2. The third-order valence-corrected chi connectivity index (χ3v) is 5.64. The van der Waals surface area contributed by atoms with Crippen LogP contribution in [0.25, 0.3) is 11.3 Å². The van der Waals surface area contributed by atoms with Crippen LogP contribution in [0.1, 0.15) is 39.9 Å². The summed E-state index contributed by atoms with van der Waals surface area (Å²) in [5.74, 6) is -0.0590. The molecule has 1 aliphatic rings. The Balaban J connectivity index is 1.72. The van der Waals surface area contributed by atoms with E-state index in [2.05, 4.69) is 38.1 Å². The highest BCUT2D eigenvalue weighted by Crippen LogP contribution is 2.27. The molecule has 0 bridgehead atoms. The fourth-order valence-corrected chi connectivity index (χ4v) is 3.84. The lowest BCUT2D eigenvalue weighted by molar-refractivity contribution is 0.0474. The summed E-state index contributed by atoms with van der Waals surface area (Å²) < 4.78 is 1.84. The molecule has 4 rings (SSSR count). The van der Waals surface area contributed by atoms with Gasteiger partial charge in [-0.2, -0.15) is 5.10 Å². The van der Waals surface area contributed by atoms with Gasteiger partial charge in [0.05, 0.1) is 18.2 Å². The molecule has 150 valence electrons. The molecule has 0 radical (unpaired) electrons. The predicted octanol–water partition coefficient (Wildman–Crippen LogP) is 3.81. The van der Waals surface area contributed by atoms with Crippen LogP contribution < -0.4 is 0 Å². The minimum atomic E-state index is -0.447. The molecule has 1 aliphatic heterocycles. The van der Waals surface area contributed by atoms with E-state index in [0.29, 0.717) is 30.9 Å². The predicted molar refractivity (Wildman–Crippen MR) is 114 cm³/mol. The molecule has 1 amide bonds. The summed E-state index contributed by atoms with van der Waals surface area (Å²) in [7, 11) is 0. The van der Waals surface area contributed by atoms with E-state index in [-0.39, 0.29) is 5.91 Å². The van der Waals surface area contributed by atoms with Crippen molar-refractivity contribution in [3.8, 4) is 11.3 Å². The first-order valence-electron chi connectivity index (χ1n) is 10.2. The maximum atomic E-state index is 13.3. The molecule has 1 saturated heterocycles. The molecule has 2 aromatic carbocycles. The molecule has 0 spiro atoms. The van der Waals surface area contributed by atoms with Gasteiger partial charge in [-0.1, -0.05) is 42.5 Å². The third kappa shape index (κ3) is 4.25. The summed E-state index contributed by atoms with van der Waals surface area (Å²) in [4.78, 5) is 15.1. The number of β-amino-alcohol motifs (C(OH)–C–C–N with tert-alkyl or cyclic N) is 1. The van der Waals surface area contributed by atoms with Crippen molar-refractivity contribution in [2.45, 2.75) is 39.3 Å². The first kappa shape index (κ1) is 19.4. The van der Waals surface area contributed by atoms with Crippen molar-refractivity contribution in [2.75, 3.05) is 13.1 Å². The average molecular weight is 389 g/mol. The Kier molecular flexibility index (Phi) is 5.49. The molecule has 5 heteroatoms. The average Bonchev–Trinajstić information content (AvgIpc) is 3.14. The number of piperidine rings is 1. The second-order valence-electron chi connectivity index (χ2n) is 7.92. The van der Waals surface area contributed by atoms with Crippen LogP contribution in [0.2, 0.25) is 0 Å². The highest BCUT2D eigenvalue weighted by Gasteiger charge is 2.27. The topological polar surface area (TPSA) is 58.4 Å². The molecule has 3 aromatic rings. The van der Waals surface area contributed by atoms with E-state index in [1.54, 1.807) is 4.90 Å². The number of hydrogen-bond acceptors (Lipinski definition) is 3. The van der Waals surface area contributed by atoms with Crippen molar-refractivity contribution < 1.29 is 9.90 Å². The van der Waals surface area contributed by atoms with E-state index in [1.807, 2.05) is 35.1 Å². The van der Waals surface area contributed by atoms with Crippen molar-refractivity contribution in [1.82, 2.24) is 14.7 Å². The lowest BCUT2D eigenvalue weighted by Crippen LogP contribution is -2.42. The fraction of sp³-hybridized carbons (Fsp3) is 0.333. The largest absolute Gasteiger partial charge is 0.391 e. The monoisotopic (exact) mass is 389 g/mol. The lowest BCUT2D eigenvalue weighted by atomic mass is 10.0. The van der Waals surface area contributed by atoms with Gasteiger partial charge in [-0.15, -0.1) is 0 Å². The third-order valence-electron chi connectivity index (χ3n) is 5.64. The molecule has 0 saturated carbocycles. The fourth-order valence-electron chi connectivity index (χ4n) is 3.84. The zero-order chi connectivity index (χ0) is 20.4. The Morgan fingerprint density at radius 3 is 2.66 bits per heavy atom. The molecule has 1 N–H and O–H groups in total. The number of likely N-dealkylation sites (tertiary alicyclic amines) is 1. The van der Waals surface area contributed by atoms with Crippen molar-refractivity contribution in [3.63, 3.8) is 0 Å². The molecule has 1 aromatic heterocycles. The van der Waals surface area contributed by atoms with Crippen LogP contribution in [0.15, 0.2) is 54.7 Å². The number of carbonyl (C=O) groups excluding carboxylic acids is 1. The van der Waals surface area contributed by atoms with Crippen LogP contribution >= 0.6 is 0 Å². The molecule has 1 unspecified atom stereocenters. The number of hydrogen-bond donors (Lipinski definition) is 1.